The summed E-state index contributed by atoms with van der Waals surface area (Å²) in [5.74, 6) is -1.83. The van der Waals surface area contributed by atoms with Crippen LogP contribution in [0.2, 0.25) is 0 Å². The van der Waals surface area contributed by atoms with Crippen LogP contribution in [0.5, 0.6) is 0 Å². The molecule has 1 saturated heterocycles. The first-order valence-corrected chi connectivity index (χ1v) is 9.54. The van der Waals surface area contributed by atoms with Crippen LogP contribution in [0.3, 0.4) is 0 Å². The third-order valence-electron chi connectivity index (χ3n) is 5.09. The Kier molecular flexibility index (Phi) is 5.21. The molecular weight excluding hydrogens is 395 g/mol. The molecule has 156 valence electrons. The van der Waals surface area contributed by atoms with Gasteiger partial charge in [-0.3, -0.25) is 19.5 Å². The minimum absolute atomic E-state index is 0.0155. The lowest BCUT2D eigenvalue weighted by Gasteiger charge is -2.30. The van der Waals surface area contributed by atoms with Crippen LogP contribution < -0.4 is 16.0 Å². The van der Waals surface area contributed by atoms with E-state index < -0.39 is 22.4 Å². The van der Waals surface area contributed by atoms with E-state index in [-0.39, 0.29) is 23.3 Å². The summed E-state index contributed by atoms with van der Waals surface area (Å²) in [6, 6.07) is 7.95. The maximum Gasteiger partial charge on any atom is 0.420 e. The van der Waals surface area contributed by atoms with Crippen molar-refractivity contribution >= 4 is 34.1 Å². The van der Waals surface area contributed by atoms with Crippen LogP contribution >= 0.6 is 0 Å². The van der Waals surface area contributed by atoms with Crippen LogP contribution in [0.15, 0.2) is 45.6 Å². The van der Waals surface area contributed by atoms with E-state index in [2.05, 4.69) is 10.2 Å². The first kappa shape index (κ1) is 19.6. The fourth-order valence-corrected chi connectivity index (χ4v) is 3.67. The second-order valence-corrected chi connectivity index (χ2v) is 7.12. The predicted molar refractivity (Wildman–Crippen MR) is 108 cm³/mol. The molecule has 1 aliphatic heterocycles. The number of amides is 1. The number of benzene rings is 2. The van der Waals surface area contributed by atoms with Crippen molar-refractivity contribution in [3.8, 4) is 0 Å². The summed E-state index contributed by atoms with van der Waals surface area (Å²) in [7, 11) is 0. The van der Waals surface area contributed by atoms with Crippen molar-refractivity contribution in [1.82, 2.24) is 4.57 Å². The minimum atomic E-state index is -0.809. The van der Waals surface area contributed by atoms with E-state index in [1.165, 1.54) is 24.3 Å². The van der Waals surface area contributed by atoms with Gasteiger partial charge in [-0.15, -0.1) is 0 Å². The zero-order chi connectivity index (χ0) is 21.3. The average molecular weight is 414 g/mol. The molecule has 0 atom stereocenters. The van der Waals surface area contributed by atoms with E-state index in [0.717, 1.165) is 48.7 Å². The van der Waals surface area contributed by atoms with Crippen molar-refractivity contribution in [3.63, 3.8) is 0 Å². The Morgan fingerprint density at radius 1 is 1.17 bits per heavy atom. The molecular formula is C20H19FN4O5. The van der Waals surface area contributed by atoms with Gasteiger partial charge in [-0.25, -0.2) is 9.18 Å². The number of piperidine rings is 1. The van der Waals surface area contributed by atoms with Crippen LogP contribution in [0.25, 0.3) is 11.1 Å². The number of carbonyl (C=O) groups is 1. The van der Waals surface area contributed by atoms with E-state index in [1.807, 2.05) is 0 Å². The van der Waals surface area contributed by atoms with E-state index in [4.69, 9.17) is 4.42 Å². The molecule has 3 aromatic rings. The third-order valence-corrected chi connectivity index (χ3v) is 5.09. The van der Waals surface area contributed by atoms with Gasteiger partial charge in [-0.1, -0.05) is 0 Å². The first-order chi connectivity index (χ1) is 14.4. The number of oxazole rings is 1. The number of hydrogen-bond donors (Lipinski definition) is 1. The van der Waals surface area contributed by atoms with Gasteiger partial charge in [0.05, 0.1) is 27.9 Å². The molecule has 0 unspecified atom stereocenters. The van der Waals surface area contributed by atoms with Crippen molar-refractivity contribution in [2.45, 2.75) is 25.8 Å². The predicted octanol–water partition coefficient (Wildman–Crippen LogP) is 3.27. The maximum atomic E-state index is 13.8. The molecule has 1 N–H and O–H groups in total. The number of nitro groups is 1. The highest BCUT2D eigenvalue weighted by Crippen LogP contribution is 2.29. The Morgan fingerprint density at radius 2 is 1.93 bits per heavy atom. The number of hydrogen-bond acceptors (Lipinski definition) is 6. The fourth-order valence-electron chi connectivity index (χ4n) is 3.67. The summed E-state index contributed by atoms with van der Waals surface area (Å²) in [4.78, 5) is 37.2. The molecule has 0 saturated carbocycles. The van der Waals surface area contributed by atoms with Gasteiger partial charge in [0.15, 0.2) is 5.58 Å². The zero-order valence-electron chi connectivity index (χ0n) is 16.0. The number of nitro benzene ring substituents is 1. The summed E-state index contributed by atoms with van der Waals surface area (Å²) in [5.41, 5.74) is 1.11. The van der Waals surface area contributed by atoms with Crippen molar-refractivity contribution in [3.05, 3.63) is 62.9 Å². The van der Waals surface area contributed by atoms with Crippen molar-refractivity contribution in [2.75, 3.05) is 23.3 Å². The maximum absolute atomic E-state index is 13.8. The Morgan fingerprint density at radius 3 is 2.67 bits per heavy atom. The zero-order valence-corrected chi connectivity index (χ0v) is 16.0. The van der Waals surface area contributed by atoms with Gasteiger partial charge < -0.3 is 14.6 Å². The summed E-state index contributed by atoms with van der Waals surface area (Å²) >= 11 is 0. The molecule has 9 nitrogen and oxygen atoms in total. The number of nitrogens with zero attached hydrogens (tertiary/aromatic N) is 3. The standard InChI is InChI=1S/C20H19FN4O5/c21-13-4-6-16(23-8-2-1-3-9-23)15(10-13)22-19(26)12-24-17-7-5-14(25(28)29)11-18(17)30-20(24)27/h4-7,10-11H,1-3,8-9,12H2,(H,22,26). The number of fused-ring (bicyclic) bond motifs is 1. The average Bonchev–Trinajstić information content (AvgIpc) is 3.03. The molecule has 4 rings (SSSR count). The lowest BCUT2D eigenvalue weighted by molar-refractivity contribution is -0.384. The molecule has 0 aliphatic carbocycles. The van der Waals surface area contributed by atoms with Crippen LogP contribution in [0.1, 0.15) is 19.3 Å². The molecule has 0 spiro atoms. The fraction of sp³-hybridized carbons (Fsp3) is 0.300. The van der Waals surface area contributed by atoms with Crippen LogP contribution in [-0.2, 0) is 11.3 Å². The second-order valence-electron chi connectivity index (χ2n) is 7.12. The van der Waals surface area contributed by atoms with Crippen LogP contribution in [-0.4, -0.2) is 28.5 Å². The highest BCUT2D eigenvalue weighted by Gasteiger charge is 2.19. The van der Waals surface area contributed by atoms with Gasteiger partial charge in [-0.2, -0.15) is 0 Å². The number of anilines is 2. The number of aromatic nitrogens is 1. The Labute approximate surface area is 169 Å². The lowest BCUT2D eigenvalue weighted by atomic mass is 10.1. The van der Waals surface area contributed by atoms with Gasteiger partial charge in [0.25, 0.3) is 5.69 Å². The molecule has 10 heteroatoms. The van der Waals surface area contributed by atoms with E-state index in [1.54, 1.807) is 6.07 Å². The minimum Gasteiger partial charge on any atom is -0.407 e. The molecule has 0 bridgehead atoms. The third kappa shape index (κ3) is 3.88. The van der Waals surface area contributed by atoms with Gasteiger partial charge in [0, 0.05) is 19.2 Å². The number of nitrogens with one attached hydrogen (secondary N) is 1. The Hall–Kier alpha value is -3.69. The smallest absolute Gasteiger partial charge is 0.407 e. The Bertz CT molecular complexity index is 1180. The van der Waals surface area contributed by atoms with Crippen molar-refractivity contribution in [2.24, 2.45) is 0 Å². The topological polar surface area (TPSA) is 111 Å². The number of non-ortho nitro benzene ring substituents is 1. The SMILES string of the molecule is O=C(Cn1c(=O)oc2cc([N+](=O)[O-])ccc21)Nc1cc(F)ccc1N1CCCCC1. The molecule has 30 heavy (non-hydrogen) atoms. The lowest BCUT2D eigenvalue weighted by Crippen LogP contribution is -2.31. The second kappa shape index (κ2) is 7.97. The summed E-state index contributed by atoms with van der Waals surface area (Å²) in [5, 5.41) is 13.6. The van der Waals surface area contributed by atoms with Gasteiger partial charge in [0.1, 0.15) is 12.4 Å². The molecule has 2 aromatic carbocycles. The highest BCUT2D eigenvalue weighted by atomic mass is 19.1. The number of carbonyl (C=O) groups excluding carboxylic acids is 1. The van der Waals surface area contributed by atoms with Crippen molar-refractivity contribution < 1.29 is 18.5 Å². The van der Waals surface area contributed by atoms with Gasteiger partial charge in [0.2, 0.25) is 5.91 Å². The highest BCUT2D eigenvalue weighted by molar-refractivity contribution is 5.95. The Balaban J connectivity index is 1.58. The summed E-state index contributed by atoms with van der Waals surface area (Å²) < 4.78 is 19.9. The van der Waals surface area contributed by atoms with E-state index in [9.17, 15) is 24.1 Å². The molecule has 1 aromatic heterocycles. The van der Waals surface area contributed by atoms with E-state index in [0.29, 0.717) is 5.69 Å². The largest absolute Gasteiger partial charge is 0.420 e. The van der Waals surface area contributed by atoms with Gasteiger partial charge >= 0.3 is 5.76 Å². The summed E-state index contributed by atoms with van der Waals surface area (Å²) in [6.45, 7) is 1.26. The normalized spacial score (nSPS) is 14.1. The van der Waals surface area contributed by atoms with E-state index >= 15 is 0 Å². The molecule has 1 amide bonds. The van der Waals surface area contributed by atoms with Crippen LogP contribution in [0.4, 0.5) is 21.5 Å². The summed E-state index contributed by atoms with van der Waals surface area (Å²) in [6.07, 6.45) is 3.18. The quantitative estimate of drug-likeness (QED) is 0.507. The van der Waals surface area contributed by atoms with Crippen molar-refractivity contribution in [1.29, 1.82) is 0 Å². The molecule has 1 aliphatic rings. The number of rotatable bonds is 5. The molecule has 1 fully saturated rings. The van der Waals surface area contributed by atoms with Gasteiger partial charge in [-0.05, 0) is 43.5 Å². The molecule has 2 heterocycles. The van der Waals surface area contributed by atoms with Crippen LogP contribution in [0, 0.1) is 15.9 Å². The molecule has 0 radical (unpaired) electrons. The first-order valence-electron chi connectivity index (χ1n) is 9.54. The number of halogens is 1. The monoisotopic (exact) mass is 414 g/mol.